The van der Waals surface area contributed by atoms with Crippen LogP contribution in [0.5, 0.6) is 0 Å². The van der Waals surface area contributed by atoms with Gasteiger partial charge in [-0.1, -0.05) is 90.1 Å². The third-order valence-corrected chi connectivity index (χ3v) is 6.16. The summed E-state index contributed by atoms with van der Waals surface area (Å²) in [5.41, 5.74) is 5.19. The summed E-state index contributed by atoms with van der Waals surface area (Å²) in [5.74, 6) is -0.542. The zero-order valence-corrected chi connectivity index (χ0v) is 22.7. The minimum atomic E-state index is -0.667. The number of methoxy groups -OCH3 is 1. The Hall–Kier alpha value is -2.66. The molecule has 0 heterocycles. The predicted octanol–water partition coefficient (Wildman–Crippen LogP) is 5.44. The van der Waals surface area contributed by atoms with E-state index in [9.17, 15) is 9.59 Å². The van der Waals surface area contributed by atoms with Crippen LogP contribution in [0.15, 0.2) is 48.5 Å². The van der Waals surface area contributed by atoms with Crippen LogP contribution in [-0.4, -0.2) is 31.6 Å². The van der Waals surface area contributed by atoms with Crippen LogP contribution in [0.1, 0.15) is 83.1 Å². The van der Waals surface area contributed by atoms with Gasteiger partial charge >= 0.3 is 5.97 Å². The second kappa shape index (κ2) is 12.9. The van der Waals surface area contributed by atoms with E-state index in [1.165, 1.54) is 23.8 Å². The van der Waals surface area contributed by atoms with Crippen molar-refractivity contribution in [2.75, 3.05) is 13.7 Å². The van der Waals surface area contributed by atoms with Crippen LogP contribution in [0.25, 0.3) is 0 Å². The zero-order chi connectivity index (χ0) is 26.1. The number of amides is 1. The van der Waals surface area contributed by atoms with Gasteiger partial charge in [0.15, 0.2) is 0 Å². The lowest BCUT2D eigenvalue weighted by molar-refractivity contribution is -0.145. The molecule has 35 heavy (non-hydrogen) atoms. The van der Waals surface area contributed by atoms with Crippen LogP contribution in [-0.2, 0) is 38.1 Å². The van der Waals surface area contributed by atoms with Crippen molar-refractivity contribution in [1.29, 1.82) is 0 Å². The molecule has 0 fully saturated rings. The molecule has 1 amide bonds. The Labute approximate surface area is 212 Å². The van der Waals surface area contributed by atoms with Crippen molar-refractivity contribution >= 4 is 11.9 Å². The van der Waals surface area contributed by atoms with E-state index < -0.39 is 12.0 Å². The molecule has 5 heteroatoms. The van der Waals surface area contributed by atoms with Gasteiger partial charge < -0.3 is 15.4 Å². The highest BCUT2D eigenvalue weighted by Crippen LogP contribution is 2.30. The first-order valence-corrected chi connectivity index (χ1v) is 12.7. The molecular weight excluding hydrogens is 436 g/mol. The van der Waals surface area contributed by atoms with E-state index in [-0.39, 0.29) is 16.7 Å². The minimum absolute atomic E-state index is 0.103. The third-order valence-electron chi connectivity index (χ3n) is 6.16. The first-order chi connectivity index (χ1) is 16.4. The normalized spacial score (nSPS) is 12.8. The maximum absolute atomic E-state index is 12.4. The van der Waals surface area contributed by atoms with Crippen molar-refractivity contribution < 1.29 is 14.3 Å². The Kier molecular flexibility index (Phi) is 10.5. The molecule has 2 rings (SSSR count). The molecule has 2 aromatic carbocycles. The van der Waals surface area contributed by atoms with Crippen molar-refractivity contribution in [1.82, 2.24) is 10.6 Å². The van der Waals surface area contributed by atoms with Gasteiger partial charge in [0.2, 0.25) is 5.91 Å². The lowest BCUT2D eigenvalue weighted by Crippen LogP contribution is -2.43. The number of benzene rings is 2. The maximum atomic E-state index is 12.4. The van der Waals surface area contributed by atoms with Gasteiger partial charge in [-0.25, -0.2) is 4.79 Å². The summed E-state index contributed by atoms with van der Waals surface area (Å²) in [6.45, 7) is 15.2. The second-order valence-electron chi connectivity index (χ2n) is 11.4. The molecule has 2 aromatic rings. The van der Waals surface area contributed by atoms with Gasteiger partial charge in [-0.3, -0.25) is 4.79 Å². The zero-order valence-electron chi connectivity index (χ0n) is 22.7. The van der Waals surface area contributed by atoms with Gasteiger partial charge in [0.25, 0.3) is 0 Å². The molecular formula is C30H44N2O3. The summed E-state index contributed by atoms with van der Waals surface area (Å²) in [7, 11) is 1.35. The van der Waals surface area contributed by atoms with Crippen molar-refractivity contribution in [3.63, 3.8) is 0 Å². The second-order valence-corrected chi connectivity index (χ2v) is 11.4. The minimum Gasteiger partial charge on any atom is -0.467 e. The summed E-state index contributed by atoms with van der Waals surface area (Å²) >= 11 is 0. The van der Waals surface area contributed by atoms with Crippen molar-refractivity contribution in [2.24, 2.45) is 0 Å². The van der Waals surface area contributed by atoms with E-state index in [4.69, 9.17) is 4.74 Å². The molecule has 0 aromatic heterocycles. The Morgan fingerprint density at radius 1 is 0.857 bits per heavy atom. The van der Waals surface area contributed by atoms with Gasteiger partial charge in [-0.2, -0.15) is 0 Å². The monoisotopic (exact) mass is 480 g/mol. The van der Waals surface area contributed by atoms with Gasteiger partial charge in [0.05, 0.1) is 7.11 Å². The van der Waals surface area contributed by atoms with E-state index in [1.54, 1.807) is 0 Å². The Balaban J connectivity index is 1.80. The molecule has 5 nitrogen and oxygen atoms in total. The van der Waals surface area contributed by atoms with Crippen LogP contribution in [0.4, 0.5) is 0 Å². The Morgan fingerprint density at radius 3 is 2.00 bits per heavy atom. The highest BCUT2D eigenvalue weighted by molar-refractivity contribution is 5.84. The molecule has 0 saturated carbocycles. The van der Waals surface area contributed by atoms with Crippen LogP contribution in [0, 0.1) is 0 Å². The fourth-order valence-corrected chi connectivity index (χ4v) is 3.88. The standard InChI is InChI=1S/C30H44N2O3/c1-29(2,3)24-17-23(18-25(20-24)30(4,5)6)21-31-16-12-11-15-27(33)32-26(28(34)35-7)19-22-13-9-8-10-14-22/h8-10,13-14,17-18,20,26,31H,11-12,15-16,19,21H2,1-7H3,(H,32,33)/t26-/m0/s1. The fourth-order valence-electron chi connectivity index (χ4n) is 3.88. The lowest BCUT2D eigenvalue weighted by atomic mass is 9.79. The third kappa shape index (κ3) is 9.85. The Bertz CT molecular complexity index is 924. The first kappa shape index (κ1) is 28.6. The number of nitrogens with one attached hydrogen (secondary N) is 2. The molecule has 192 valence electrons. The van der Waals surface area contributed by atoms with E-state index >= 15 is 0 Å². The lowest BCUT2D eigenvalue weighted by Gasteiger charge is -2.26. The number of rotatable bonds is 11. The topological polar surface area (TPSA) is 67.4 Å². The highest BCUT2D eigenvalue weighted by atomic mass is 16.5. The number of carbonyl (C=O) groups excluding carboxylic acids is 2. The maximum Gasteiger partial charge on any atom is 0.328 e. The smallest absolute Gasteiger partial charge is 0.328 e. The number of hydrogen-bond donors (Lipinski definition) is 2. The van der Waals surface area contributed by atoms with E-state index in [2.05, 4.69) is 70.4 Å². The number of unbranched alkanes of at least 4 members (excludes halogenated alkanes) is 1. The van der Waals surface area contributed by atoms with Gasteiger partial charge in [-0.15, -0.1) is 0 Å². The average molecular weight is 481 g/mol. The molecule has 2 N–H and O–H groups in total. The van der Waals surface area contributed by atoms with Crippen LogP contribution in [0.3, 0.4) is 0 Å². The number of ether oxygens (including phenoxy) is 1. The van der Waals surface area contributed by atoms with Gasteiger partial charge in [0, 0.05) is 19.4 Å². The SMILES string of the molecule is COC(=O)[C@H](Cc1ccccc1)NC(=O)CCCCNCc1cc(C(C)(C)C)cc(C(C)(C)C)c1. The summed E-state index contributed by atoms with van der Waals surface area (Å²) in [5, 5.41) is 6.37. The summed E-state index contributed by atoms with van der Waals surface area (Å²) in [6.07, 6.45) is 2.45. The van der Waals surface area contributed by atoms with E-state index in [1.807, 2.05) is 30.3 Å². The summed E-state index contributed by atoms with van der Waals surface area (Å²) < 4.78 is 4.88. The van der Waals surface area contributed by atoms with E-state index in [0.717, 1.165) is 31.5 Å². The average Bonchev–Trinajstić information content (AvgIpc) is 2.79. The fraction of sp³-hybridized carbons (Fsp3) is 0.533. The summed E-state index contributed by atoms with van der Waals surface area (Å²) in [4.78, 5) is 24.6. The molecule has 0 aliphatic rings. The number of hydrogen-bond acceptors (Lipinski definition) is 4. The number of esters is 1. The molecule has 0 aliphatic carbocycles. The molecule has 0 unspecified atom stereocenters. The molecule has 0 radical (unpaired) electrons. The molecule has 1 atom stereocenters. The first-order valence-electron chi connectivity index (χ1n) is 12.7. The van der Waals surface area contributed by atoms with Crippen molar-refractivity contribution in [3.05, 3.63) is 70.8 Å². The molecule has 0 bridgehead atoms. The quantitative estimate of drug-likeness (QED) is 0.332. The Morgan fingerprint density at radius 2 is 1.46 bits per heavy atom. The van der Waals surface area contributed by atoms with Gasteiger partial charge in [-0.05, 0) is 52.5 Å². The molecule has 0 spiro atoms. The predicted molar refractivity (Wildman–Crippen MR) is 143 cm³/mol. The molecule has 0 saturated heterocycles. The van der Waals surface area contributed by atoms with Crippen molar-refractivity contribution in [2.45, 2.75) is 90.6 Å². The number of carbonyl (C=O) groups is 2. The molecule has 0 aliphatic heterocycles. The largest absolute Gasteiger partial charge is 0.467 e. The highest BCUT2D eigenvalue weighted by Gasteiger charge is 2.22. The van der Waals surface area contributed by atoms with Crippen LogP contribution in [0.2, 0.25) is 0 Å². The van der Waals surface area contributed by atoms with Crippen molar-refractivity contribution in [3.8, 4) is 0 Å². The summed E-state index contributed by atoms with van der Waals surface area (Å²) in [6, 6.07) is 15.9. The van der Waals surface area contributed by atoms with Crippen LogP contribution >= 0.6 is 0 Å². The van der Waals surface area contributed by atoms with Gasteiger partial charge in [0.1, 0.15) is 6.04 Å². The van der Waals surface area contributed by atoms with Crippen LogP contribution < -0.4 is 10.6 Å². The van der Waals surface area contributed by atoms with E-state index in [0.29, 0.717) is 12.8 Å².